The van der Waals surface area contributed by atoms with Crippen molar-refractivity contribution in [3.8, 4) is 0 Å². The molecular weight excluding hydrogens is 242 g/mol. The number of unbranched alkanes of at least 4 members (excludes halogenated alkanes) is 1. The molecule has 0 saturated carbocycles. The van der Waals surface area contributed by atoms with Crippen LogP contribution in [0.4, 0.5) is 0 Å². The van der Waals surface area contributed by atoms with E-state index in [0.717, 1.165) is 13.0 Å². The molecule has 1 N–H and O–H groups in total. The molecule has 1 aromatic carbocycles. The molecule has 0 bridgehead atoms. The Morgan fingerprint density at radius 1 is 1.28 bits per heavy atom. The molecule has 3 heteroatoms. The summed E-state index contributed by atoms with van der Waals surface area (Å²) in [6, 6.07) is 11.4. The Bertz CT molecular complexity index is 447. The first-order valence-electron chi connectivity index (χ1n) is 6.50. The van der Waals surface area contributed by atoms with Gasteiger partial charge in [-0.1, -0.05) is 18.2 Å². The van der Waals surface area contributed by atoms with Crippen LogP contribution in [0.1, 0.15) is 30.2 Å². The molecule has 0 radical (unpaired) electrons. The zero-order valence-electron chi connectivity index (χ0n) is 11.1. The van der Waals surface area contributed by atoms with Gasteiger partial charge in [-0.25, -0.2) is 0 Å². The molecule has 18 heavy (non-hydrogen) atoms. The van der Waals surface area contributed by atoms with Gasteiger partial charge in [0.2, 0.25) is 0 Å². The van der Waals surface area contributed by atoms with Crippen LogP contribution in [0.15, 0.2) is 30.3 Å². The third-order valence-electron chi connectivity index (χ3n) is 3.23. The lowest BCUT2D eigenvalue weighted by Crippen LogP contribution is -2.15. The van der Waals surface area contributed by atoms with Gasteiger partial charge in [0.15, 0.2) is 0 Å². The van der Waals surface area contributed by atoms with Crippen molar-refractivity contribution in [2.75, 3.05) is 20.8 Å². The number of thiophene rings is 1. The summed E-state index contributed by atoms with van der Waals surface area (Å²) in [7, 11) is 3.81. The Balaban J connectivity index is 2.02. The van der Waals surface area contributed by atoms with E-state index in [4.69, 9.17) is 4.74 Å². The van der Waals surface area contributed by atoms with Gasteiger partial charge in [-0.2, -0.15) is 0 Å². The number of nitrogens with one attached hydrogen (secondary N) is 1. The van der Waals surface area contributed by atoms with Gasteiger partial charge in [0.25, 0.3) is 0 Å². The van der Waals surface area contributed by atoms with Gasteiger partial charge in [-0.3, -0.25) is 0 Å². The predicted octanol–water partition coefficient (Wildman–Crippen LogP) is 3.98. The van der Waals surface area contributed by atoms with Crippen LogP contribution >= 0.6 is 11.3 Å². The molecule has 0 aliphatic carbocycles. The molecule has 1 heterocycles. The number of ether oxygens (including phenoxy) is 1. The highest BCUT2D eigenvalue weighted by Gasteiger charge is 2.12. The molecule has 0 fully saturated rings. The van der Waals surface area contributed by atoms with Crippen LogP contribution in [0.5, 0.6) is 0 Å². The Kier molecular flexibility index (Phi) is 5.17. The van der Waals surface area contributed by atoms with E-state index in [0.29, 0.717) is 6.04 Å². The van der Waals surface area contributed by atoms with Gasteiger partial charge in [0.05, 0.1) is 0 Å². The number of hydrogen-bond donors (Lipinski definition) is 1. The minimum absolute atomic E-state index is 0.472. The summed E-state index contributed by atoms with van der Waals surface area (Å²) < 4.78 is 6.47. The molecule has 2 nitrogen and oxygen atoms in total. The standard InChI is InChI=1S/C15H21NOS/c1-16-13(8-5-6-10-17-2)15-11-12-7-3-4-9-14(12)18-15/h3-4,7,9,11,13,16H,5-6,8,10H2,1-2H3. The SMILES string of the molecule is CNC(CCCCOC)c1cc2ccccc2s1. The van der Waals surface area contributed by atoms with Gasteiger partial charge in [-0.05, 0) is 43.8 Å². The minimum Gasteiger partial charge on any atom is -0.385 e. The second-order valence-electron chi connectivity index (χ2n) is 4.52. The van der Waals surface area contributed by atoms with Gasteiger partial charge in [0, 0.05) is 29.3 Å². The van der Waals surface area contributed by atoms with Crippen LogP contribution in [0.25, 0.3) is 10.1 Å². The first kappa shape index (κ1) is 13.5. The van der Waals surface area contributed by atoms with Gasteiger partial charge < -0.3 is 10.1 Å². The third-order valence-corrected chi connectivity index (χ3v) is 4.46. The van der Waals surface area contributed by atoms with Crippen molar-refractivity contribution in [3.05, 3.63) is 35.2 Å². The van der Waals surface area contributed by atoms with E-state index in [1.807, 2.05) is 18.4 Å². The smallest absolute Gasteiger partial charge is 0.0462 e. The monoisotopic (exact) mass is 263 g/mol. The van der Waals surface area contributed by atoms with E-state index >= 15 is 0 Å². The number of fused-ring (bicyclic) bond motifs is 1. The molecule has 0 amide bonds. The maximum absolute atomic E-state index is 5.09. The van der Waals surface area contributed by atoms with Crippen molar-refractivity contribution in [2.45, 2.75) is 25.3 Å². The molecule has 0 saturated heterocycles. The summed E-state index contributed by atoms with van der Waals surface area (Å²) in [5.74, 6) is 0. The lowest BCUT2D eigenvalue weighted by atomic mass is 10.1. The molecule has 98 valence electrons. The first-order valence-corrected chi connectivity index (χ1v) is 7.31. The fraction of sp³-hybridized carbons (Fsp3) is 0.467. The van der Waals surface area contributed by atoms with E-state index in [9.17, 15) is 0 Å². The fourth-order valence-electron chi connectivity index (χ4n) is 2.20. The molecule has 1 unspecified atom stereocenters. The largest absolute Gasteiger partial charge is 0.385 e. The van der Waals surface area contributed by atoms with Crippen LogP contribution in [0.3, 0.4) is 0 Å². The average molecular weight is 263 g/mol. The van der Waals surface area contributed by atoms with Crippen molar-refractivity contribution < 1.29 is 4.74 Å². The van der Waals surface area contributed by atoms with Crippen LogP contribution in [0, 0.1) is 0 Å². The van der Waals surface area contributed by atoms with Crippen molar-refractivity contribution in [3.63, 3.8) is 0 Å². The highest BCUT2D eigenvalue weighted by atomic mass is 32.1. The molecule has 2 aromatic rings. The zero-order valence-corrected chi connectivity index (χ0v) is 11.9. The van der Waals surface area contributed by atoms with E-state index in [2.05, 4.69) is 35.6 Å². The van der Waals surface area contributed by atoms with Crippen LogP contribution in [0.2, 0.25) is 0 Å². The number of methoxy groups -OCH3 is 1. The van der Waals surface area contributed by atoms with Gasteiger partial charge in [0.1, 0.15) is 0 Å². The molecule has 0 aliphatic rings. The summed E-state index contributed by atoms with van der Waals surface area (Å²) in [5.41, 5.74) is 0. The lowest BCUT2D eigenvalue weighted by Gasteiger charge is -2.13. The van der Waals surface area contributed by atoms with Crippen molar-refractivity contribution in [1.29, 1.82) is 0 Å². The Hall–Kier alpha value is -0.900. The van der Waals surface area contributed by atoms with E-state index < -0.39 is 0 Å². The second kappa shape index (κ2) is 6.88. The fourth-order valence-corrected chi connectivity index (χ4v) is 3.41. The molecule has 1 atom stereocenters. The van der Waals surface area contributed by atoms with Crippen molar-refractivity contribution in [2.24, 2.45) is 0 Å². The highest BCUT2D eigenvalue weighted by Crippen LogP contribution is 2.31. The first-order chi connectivity index (χ1) is 8.85. The topological polar surface area (TPSA) is 21.3 Å². The highest BCUT2D eigenvalue weighted by molar-refractivity contribution is 7.19. The van der Waals surface area contributed by atoms with E-state index in [1.165, 1.54) is 27.8 Å². The van der Waals surface area contributed by atoms with Crippen LogP contribution < -0.4 is 5.32 Å². The van der Waals surface area contributed by atoms with Crippen LogP contribution in [-0.2, 0) is 4.74 Å². The lowest BCUT2D eigenvalue weighted by molar-refractivity contribution is 0.191. The summed E-state index contributed by atoms with van der Waals surface area (Å²) in [5, 5.41) is 4.78. The Morgan fingerprint density at radius 3 is 2.83 bits per heavy atom. The summed E-state index contributed by atoms with van der Waals surface area (Å²) in [6.45, 7) is 0.864. The maximum atomic E-state index is 5.09. The second-order valence-corrected chi connectivity index (χ2v) is 5.63. The van der Waals surface area contributed by atoms with Crippen molar-refractivity contribution in [1.82, 2.24) is 5.32 Å². The summed E-state index contributed by atoms with van der Waals surface area (Å²) >= 11 is 1.90. The van der Waals surface area contributed by atoms with E-state index in [-0.39, 0.29) is 0 Å². The van der Waals surface area contributed by atoms with E-state index in [1.54, 1.807) is 7.11 Å². The van der Waals surface area contributed by atoms with Gasteiger partial charge >= 0.3 is 0 Å². The van der Waals surface area contributed by atoms with Gasteiger partial charge in [-0.15, -0.1) is 11.3 Å². The summed E-state index contributed by atoms with van der Waals surface area (Å²) in [4.78, 5) is 1.44. The number of rotatable bonds is 7. The normalized spacial score (nSPS) is 13.0. The predicted molar refractivity (Wildman–Crippen MR) is 79.4 cm³/mol. The molecule has 2 rings (SSSR count). The Morgan fingerprint density at radius 2 is 2.11 bits per heavy atom. The average Bonchev–Trinajstić information content (AvgIpc) is 2.82. The maximum Gasteiger partial charge on any atom is 0.0462 e. The third kappa shape index (κ3) is 3.31. The Labute approximate surface area is 113 Å². The molecule has 1 aromatic heterocycles. The van der Waals surface area contributed by atoms with Crippen LogP contribution in [-0.4, -0.2) is 20.8 Å². The molecule has 0 aliphatic heterocycles. The zero-order chi connectivity index (χ0) is 12.8. The number of benzene rings is 1. The quantitative estimate of drug-likeness (QED) is 0.763. The minimum atomic E-state index is 0.472. The molecule has 0 spiro atoms. The summed E-state index contributed by atoms with van der Waals surface area (Å²) in [6.07, 6.45) is 3.51. The van der Waals surface area contributed by atoms with Crippen molar-refractivity contribution >= 4 is 21.4 Å². The molecular formula is C15H21NOS. The number of hydrogen-bond acceptors (Lipinski definition) is 3.